The van der Waals surface area contributed by atoms with Crippen molar-refractivity contribution in [2.24, 2.45) is 7.05 Å². The summed E-state index contributed by atoms with van der Waals surface area (Å²) >= 11 is 0. The Bertz CT molecular complexity index is 1760. The Balaban J connectivity index is 1.56. The molecule has 0 bridgehead atoms. The van der Waals surface area contributed by atoms with Crippen LogP contribution in [0.3, 0.4) is 0 Å². The van der Waals surface area contributed by atoms with Gasteiger partial charge in [-0.05, 0) is 62.1 Å². The van der Waals surface area contributed by atoms with E-state index < -0.39 is 10.0 Å². The first-order valence-corrected chi connectivity index (χ1v) is 13.7. The van der Waals surface area contributed by atoms with Crippen LogP contribution in [0, 0.1) is 11.3 Å². The van der Waals surface area contributed by atoms with Crippen LogP contribution >= 0.6 is 0 Å². The molecule has 0 saturated heterocycles. The van der Waals surface area contributed by atoms with Crippen LogP contribution in [-0.4, -0.2) is 55.0 Å². The molecule has 0 fully saturated rings. The fourth-order valence-electron chi connectivity index (χ4n) is 4.51. The van der Waals surface area contributed by atoms with E-state index in [-0.39, 0.29) is 11.4 Å². The van der Waals surface area contributed by atoms with E-state index in [0.29, 0.717) is 29.7 Å². The molecule has 0 aliphatic carbocycles. The summed E-state index contributed by atoms with van der Waals surface area (Å²) in [4.78, 5) is 11.4. The maximum Gasteiger partial charge on any atom is 0.266 e. The van der Waals surface area contributed by atoms with Crippen molar-refractivity contribution in [1.82, 2.24) is 19.4 Å². The van der Waals surface area contributed by atoms with Gasteiger partial charge in [-0.2, -0.15) is 5.26 Å². The summed E-state index contributed by atoms with van der Waals surface area (Å²) in [5.41, 5.74) is 4.29. The van der Waals surface area contributed by atoms with Gasteiger partial charge >= 0.3 is 0 Å². The van der Waals surface area contributed by atoms with Crippen LogP contribution in [0.5, 0.6) is 0 Å². The zero-order valence-electron chi connectivity index (χ0n) is 21.5. The topological polar surface area (TPSA) is 95.1 Å². The van der Waals surface area contributed by atoms with E-state index in [2.05, 4.69) is 11.1 Å². The molecule has 3 aromatic carbocycles. The number of rotatable bonds is 8. The van der Waals surface area contributed by atoms with Crippen molar-refractivity contribution in [2.45, 2.75) is 11.3 Å². The Morgan fingerprint density at radius 1 is 0.974 bits per heavy atom. The van der Waals surface area contributed by atoms with Crippen LogP contribution in [-0.2, 0) is 23.5 Å². The molecule has 0 amide bonds. The summed E-state index contributed by atoms with van der Waals surface area (Å²) in [6, 6.07) is 24.1. The molecule has 9 heteroatoms. The highest BCUT2D eigenvalue weighted by Crippen LogP contribution is 2.30. The monoisotopic (exact) mass is 524 g/mol. The minimum Gasteiger partial charge on any atom is -0.331 e. The molecule has 0 atom stereocenters. The van der Waals surface area contributed by atoms with Gasteiger partial charge in [0.15, 0.2) is 0 Å². The zero-order valence-corrected chi connectivity index (χ0v) is 22.4. The first kappa shape index (κ1) is 25.4. The number of benzene rings is 3. The number of sulfonamides is 1. The van der Waals surface area contributed by atoms with Crippen molar-refractivity contribution < 1.29 is 8.42 Å². The Hall–Kier alpha value is -4.26. The molecule has 192 valence electrons. The van der Waals surface area contributed by atoms with Crippen molar-refractivity contribution >= 4 is 37.6 Å². The van der Waals surface area contributed by atoms with Gasteiger partial charge in [0.05, 0.1) is 33.9 Å². The highest BCUT2D eigenvalue weighted by atomic mass is 32.2. The lowest BCUT2D eigenvalue weighted by Gasteiger charge is -2.26. The normalized spacial score (nSPS) is 11.8. The maximum atomic E-state index is 14.1. The zero-order chi connectivity index (χ0) is 26.9. The Labute approximate surface area is 222 Å². The Morgan fingerprint density at radius 2 is 1.74 bits per heavy atom. The minimum absolute atomic E-state index is 0.178. The van der Waals surface area contributed by atoms with Gasteiger partial charge in [0.2, 0.25) is 0 Å². The van der Waals surface area contributed by atoms with E-state index >= 15 is 0 Å². The average Bonchev–Trinajstić information content (AvgIpc) is 3.22. The number of likely N-dealkylation sites (N-methyl/N-ethyl adjacent to an activating group) is 1. The summed E-state index contributed by atoms with van der Waals surface area (Å²) < 4.78 is 31.6. The summed E-state index contributed by atoms with van der Waals surface area (Å²) in [7, 11) is 1.87. The minimum atomic E-state index is -3.92. The SMILES string of the molecule is CN(C)CCN(c1ccc2c(c1)nc(Cc1ccc(C#N)cc1)n2C)S(=O)(=O)c1cccc2cccnc12. The molecule has 2 heterocycles. The van der Waals surface area contributed by atoms with E-state index in [4.69, 9.17) is 10.2 Å². The molecule has 0 aliphatic heterocycles. The van der Waals surface area contributed by atoms with Gasteiger partial charge < -0.3 is 9.47 Å². The fraction of sp³-hybridized carbons (Fsp3) is 0.207. The van der Waals surface area contributed by atoms with Crippen LogP contribution in [0.1, 0.15) is 17.0 Å². The molecule has 0 aliphatic rings. The lowest BCUT2D eigenvalue weighted by molar-refractivity contribution is 0.419. The van der Waals surface area contributed by atoms with Gasteiger partial charge in [-0.3, -0.25) is 9.29 Å². The lowest BCUT2D eigenvalue weighted by Crippen LogP contribution is -2.37. The van der Waals surface area contributed by atoms with Crippen molar-refractivity contribution in [3.05, 3.63) is 95.9 Å². The van der Waals surface area contributed by atoms with Crippen LogP contribution in [0.2, 0.25) is 0 Å². The highest BCUT2D eigenvalue weighted by Gasteiger charge is 2.28. The fourth-order valence-corrected chi connectivity index (χ4v) is 6.13. The second-order valence-corrected chi connectivity index (χ2v) is 11.3. The molecule has 5 rings (SSSR count). The predicted molar refractivity (Wildman–Crippen MR) is 150 cm³/mol. The quantitative estimate of drug-likeness (QED) is 0.300. The largest absolute Gasteiger partial charge is 0.331 e. The van der Waals surface area contributed by atoms with Gasteiger partial charge in [-0.25, -0.2) is 13.4 Å². The predicted octanol–water partition coefficient (Wildman–Crippen LogP) is 4.34. The molecular weight excluding hydrogens is 496 g/mol. The third-order valence-electron chi connectivity index (χ3n) is 6.60. The molecule has 5 aromatic rings. The van der Waals surface area contributed by atoms with E-state index in [1.807, 2.05) is 73.1 Å². The van der Waals surface area contributed by atoms with Crippen molar-refractivity contribution in [2.75, 3.05) is 31.5 Å². The number of imidazole rings is 1. The number of aryl methyl sites for hydroxylation is 1. The van der Waals surface area contributed by atoms with Gasteiger partial charge in [-0.1, -0.05) is 30.3 Å². The van der Waals surface area contributed by atoms with Gasteiger partial charge in [-0.15, -0.1) is 0 Å². The molecule has 38 heavy (non-hydrogen) atoms. The number of pyridine rings is 1. The van der Waals surface area contributed by atoms with Gasteiger partial charge in [0, 0.05) is 38.1 Å². The van der Waals surface area contributed by atoms with E-state index in [1.54, 1.807) is 36.5 Å². The molecular formula is C29H28N6O2S. The van der Waals surface area contributed by atoms with Crippen LogP contribution in [0.4, 0.5) is 5.69 Å². The third-order valence-corrected chi connectivity index (χ3v) is 8.46. The smallest absolute Gasteiger partial charge is 0.266 e. The van der Waals surface area contributed by atoms with Crippen molar-refractivity contribution in [1.29, 1.82) is 5.26 Å². The molecule has 0 saturated carbocycles. The second-order valence-electron chi connectivity index (χ2n) is 9.46. The molecule has 0 radical (unpaired) electrons. The van der Waals surface area contributed by atoms with E-state index in [0.717, 1.165) is 27.8 Å². The number of anilines is 1. The number of nitriles is 1. The average molecular weight is 525 g/mol. The lowest BCUT2D eigenvalue weighted by atomic mass is 10.1. The molecule has 0 unspecified atom stereocenters. The molecule has 2 aromatic heterocycles. The number of nitrogens with zero attached hydrogens (tertiary/aromatic N) is 6. The maximum absolute atomic E-state index is 14.1. The number of fused-ring (bicyclic) bond motifs is 2. The Kier molecular flexibility index (Phi) is 6.85. The first-order chi connectivity index (χ1) is 18.3. The van der Waals surface area contributed by atoms with Crippen molar-refractivity contribution in [3.8, 4) is 6.07 Å². The summed E-state index contributed by atoms with van der Waals surface area (Å²) in [5, 5.41) is 9.83. The van der Waals surface area contributed by atoms with Crippen molar-refractivity contribution in [3.63, 3.8) is 0 Å². The van der Waals surface area contributed by atoms with Gasteiger partial charge in [0.25, 0.3) is 10.0 Å². The second kappa shape index (κ2) is 10.2. The van der Waals surface area contributed by atoms with E-state index in [9.17, 15) is 8.42 Å². The summed E-state index contributed by atoms with van der Waals surface area (Å²) in [6.45, 7) is 0.816. The van der Waals surface area contributed by atoms with Crippen LogP contribution < -0.4 is 4.31 Å². The number of aromatic nitrogens is 3. The summed E-state index contributed by atoms with van der Waals surface area (Å²) in [6.07, 6.45) is 2.21. The van der Waals surface area contributed by atoms with Gasteiger partial charge in [0.1, 0.15) is 10.7 Å². The molecule has 0 N–H and O–H groups in total. The molecule has 8 nitrogen and oxygen atoms in total. The third kappa shape index (κ3) is 4.84. The number of para-hydroxylation sites is 1. The summed E-state index contributed by atoms with van der Waals surface area (Å²) in [5.74, 6) is 0.850. The standard InChI is InChI=1S/C29H28N6O2S/c1-33(2)16-17-35(38(36,37)27-8-4-6-23-7-5-15-31-29(23)27)24-13-14-26-25(19-24)32-28(34(26)3)18-21-9-11-22(20-30)12-10-21/h4-15,19H,16-18H2,1-3H3. The Morgan fingerprint density at radius 3 is 2.47 bits per heavy atom. The van der Waals surface area contributed by atoms with E-state index in [1.165, 1.54) is 4.31 Å². The molecule has 0 spiro atoms. The highest BCUT2D eigenvalue weighted by molar-refractivity contribution is 7.93. The van der Waals surface area contributed by atoms with Crippen LogP contribution in [0.15, 0.2) is 83.9 Å². The number of hydrogen-bond acceptors (Lipinski definition) is 6. The van der Waals surface area contributed by atoms with Crippen LogP contribution in [0.25, 0.3) is 21.9 Å². The first-order valence-electron chi connectivity index (χ1n) is 12.2. The number of hydrogen-bond donors (Lipinski definition) is 0.